The van der Waals surface area contributed by atoms with Gasteiger partial charge >= 0.3 is 5.69 Å². The Labute approximate surface area is 120 Å². The highest BCUT2D eigenvalue weighted by atomic mass is 19.1. The van der Waals surface area contributed by atoms with Gasteiger partial charge in [-0.15, -0.1) is 0 Å². The molecule has 0 radical (unpaired) electrons. The number of amides is 1. The summed E-state index contributed by atoms with van der Waals surface area (Å²) in [7, 11) is 0. The average Bonchev–Trinajstić information content (AvgIpc) is 2.81. The van der Waals surface area contributed by atoms with Crippen LogP contribution in [-0.2, 0) is 0 Å². The summed E-state index contributed by atoms with van der Waals surface area (Å²) in [6.07, 6.45) is 3.10. The Bertz CT molecular complexity index is 578. The van der Waals surface area contributed by atoms with Gasteiger partial charge in [-0.2, -0.15) is 4.39 Å². The first-order valence-electron chi connectivity index (χ1n) is 6.82. The van der Waals surface area contributed by atoms with Crippen molar-refractivity contribution in [3.63, 3.8) is 0 Å². The van der Waals surface area contributed by atoms with Crippen molar-refractivity contribution in [3.05, 3.63) is 39.4 Å². The summed E-state index contributed by atoms with van der Waals surface area (Å²) < 4.78 is 27.5. The highest BCUT2D eigenvalue weighted by Gasteiger charge is 2.28. The molecule has 2 unspecified atom stereocenters. The summed E-state index contributed by atoms with van der Waals surface area (Å²) in [6, 6.07) is 1.44. The average molecular weight is 298 g/mol. The highest BCUT2D eigenvalue weighted by Crippen LogP contribution is 2.30. The van der Waals surface area contributed by atoms with E-state index in [2.05, 4.69) is 12.2 Å². The molecule has 0 spiro atoms. The molecule has 114 valence electrons. The lowest BCUT2D eigenvalue weighted by atomic mass is 9.98. The lowest BCUT2D eigenvalue weighted by Gasteiger charge is -2.16. The Morgan fingerprint density at radius 3 is 2.71 bits per heavy atom. The molecule has 21 heavy (non-hydrogen) atoms. The van der Waals surface area contributed by atoms with Gasteiger partial charge in [0.15, 0.2) is 0 Å². The van der Waals surface area contributed by atoms with E-state index in [0.717, 1.165) is 25.3 Å². The molecule has 1 aromatic carbocycles. The molecule has 0 bridgehead atoms. The summed E-state index contributed by atoms with van der Waals surface area (Å²) in [5, 5.41) is 13.1. The summed E-state index contributed by atoms with van der Waals surface area (Å²) in [5.74, 6) is -2.76. The van der Waals surface area contributed by atoms with Gasteiger partial charge in [0.1, 0.15) is 11.4 Å². The van der Waals surface area contributed by atoms with Crippen molar-refractivity contribution in [2.45, 2.75) is 26.2 Å². The number of nitro benzene ring substituents is 1. The van der Waals surface area contributed by atoms with Gasteiger partial charge in [0, 0.05) is 12.6 Å². The molecule has 2 rings (SSSR count). The second kappa shape index (κ2) is 6.15. The molecule has 7 heteroatoms. The van der Waals surface area contributed by atoms with Crippen LogP contribution >= 0.6 is 0 Å². The number of halogens is 2. The molecule has 1 amide bonds. The fraction of sp³-hybridized carbons (Fsp3) is 0.500. The summed E-state index contributed by atoms with van der Waals surface area (Å²) in [5.41, 5.74) is -1.80. The van der Waals surface area contributed by atoms with Crippen LogP contribution < -0.4 is 5.32 Å². The summed E-state index contributed by atoms with van der Waals surface area (Å²) >= 11 is 0. The fourth-order valence-electron chi connectivity index (χ4n) is 2.73. The van der Waals surface area contributed by atoms with Crippen LogP contribution in [-0.4, -0.2) is 17.4 Å². The number of carbonyl (C=O) groups excluding carboxylic acids is 1. The van der Waals surface area contributed by atoms with Crippen molar-refractivity contribution < 1.29 is 18.5 Å². The van der Waals surface area contributed by atoms with E-state index < -0.39 is 33.7 Å². The standard InChI is InChI=1S/C14H16F2N2O3/c1-8-3-2-4-9(8)7-17-14(19)12-10(15)5-6-11(13(12)16)18(20)21/h5-6,8-9H,2-4,7H2,1H3,(H,17,19). The first kappa shape index (κ1) is 15.3. The van der Waals surface area contributed by atoms with Crippen LogP contribution in [0.15, 0.2) is 12.1 Å². The lowest BCUT2D eigenvalue weighted by Crippen LogP contribution is -2.31. The van der Waals surface area contributed by atoms with Crippen molar-refractivity contribution in [1.82, 2.24) is 5.32 Å². The van der Waals surface area contributed by atoms with Crippen molar-refractivity contribution >= 4 is 11.6 Å². The third kappa shape index (κ3) is 3.17. The molecule has 0 heterocycles. The van der Waals surface area contributed by atoms with Crippen LogP contribution in [0.5, 0.6) is 0 Å². The highest BCUT2D eigenvalue weighted by molar-refractivity contribution is 5.95. The fourth-order valence-corrected chi connectivity index (χ4v) is 2.73. The zero-order valence-electron chi connectivity index (χ0n) is 11.6. The molecule has 1 aromatic rings. The third-order valence-electron chi connectivity index (χ3n) is 4.06. The molecular weight excluding hydrogens is 282 g/mol. The topological polar surface area (TPSA) is 72.2 Å². The maximum absolute atomic E-state index is 13.9. The Kier molecular flexibility index (Phi) is 4.50. The number of rotatable bonds is 4. The van der Waals surface area contributed by atoms with Gasteiger partial charge < -0.3 is 5.32 Å². The SMILES string of the molecule is CC1CCCC1CNC(=O)c1c(F)ccc([N+](=O)[O-])c1F. The van der Waals surface area contributed by atoms with Crippen LogP contribution in [0.2, 0.25) is 0 Å². The first-order chi connectivity index (χ1) is 9.91. The molecule has 0 aliphatic heterocycles. The van der Waals surface area contributed by atoms with Gasteiger partial charge in [0.2, 0.25) is 5.82 Å². The van der Waals surface area contributed by atoms with E-state index in [0.29, 0.717) is 18.5 Å². The van der Waals surface area contributed by atoms with Gasteiger partial charge in [-0.05, 0) is 24.3 Å². The Hall–Kier alpha value is -2.05. The number of benzene rings is 1. The largest absolute Gasteiger partial charge is 0.352 e. The first-order valence-corrected chi connectivity index (χ1v) is 6.82. The van der Waals surface area contributed by atoms with E-state index in [9.17, 15) is 23.7 Å². The Morgan fingerprint density at radius 2 is 2.14 bits per heavy atom. The normalized spacial score (nSPS) is 21.3. The minimum Gasteiger partial charge on any atom is -0.352 e. The second-order valence-electron chi connectivity index (χ2n) is 5.39. The van der Waals surface area contributed by atoms with E-state index in [1.54, 1.807) is 0 Å². The van der Waals surface area contributed by atoms with Crippen molar-refractivity contribution in [1.29, 1.82) is 0 Å². The van der Waals surface area contributed by atoms with Crippen molar-refractivity contribution in [3.8, 4) is 0 Å². The summed E-state index contributed by atoms with van der Waals surface area (Å²) in [6.45, 7) is 2.39. The van der Waals surface area contributed by atoms with Crippen LogP contribution in [0.25, 0.3) is 0 Å². The zero-order chi connectivity index (χ0) is 15.6. The van der Waals surface area contributed by atoms with Gasteiger partial charge in [0.25, 0.3) is 5.91 Å². The number of nitro groups is 1. The summed E-state index contributed by atoms with van der Waals surface area (Å²) in [4.78, 5) is 21.6. The molecule has 1 saturated carbocycles. The number of nitrogens with one attached hydrogen (secondary N) is 1. The number of hydrogen-bond acceptors (Lipinski definition) is 3. The molecule has 0 aromatic heterocycles. The predicted molar refractivity (Wildman–Crippen MR) is 71.9 cm³/mol. The van der Waals surface area contributed by atoms with E-state index in [1.165, 1.54) is 0 Å². The number of nitrogens with zero attached hydrogens (tertiary/aromatic N) is 1. The van der Waals surface area contributed by atoms with Crippen LogP contribution in [0.3, 0.4) is 0 Å². The lowest BCUT2D eigenvalue weighted by molar-refractivity contribution is -0.387. The zero-order valence-corrected chi connectivity index (χ0v) is 11.6. The Balaban J connectivity index is 2.15. The quantitative estimate of drug-likeness (QED) is 0.686. The maximum atomic E-state index is 13.9. The molecule has 1 aliphatic carbocycles. The number of carbonyl (C=O) groups is 1. The molecule has 5 nitrogen and oxygen atoms in total. The van der Waals surface area contributed by atoms with E-state index in [1.807, 2.05) is 0 Å². The second-order valence-corrected chi connectivity index (χ2v) is 5.39. The number of hydrogen-bond donors (Lipinski definition) is 1. The smallest absolute Gasteiger partial charge is 0.305 e. The van der Waals surface area contributed by atoms with E-state index in [4.69, 9.17) is 0 Å². The van der Waals surface area contributed by atoms with E-state index >= 15 is 0 Å². The molecule has 1 N–H and O–H groups in total. The van der Waals surface area contributed by atoms with Crippen LogP contribution in [0, 0.1) is 33.6 Å². The third-order valence-corrected chi connectivity index (χ3v) is 4.06. The molecule has 1 fully saturated rings. The van der Waals surface area contributed by atoms with Crippen LogP contribution in [0.1, 0.15) is 36.5 Å². The monoisotopic (exact) mass is 298 g/mol. The van der Waals surface area contributed by atoms with Gasteiger partial charge in [-0.1, -0.05) is 19.8 Å². The maximum Gasteiger partial charge on any atom is 0.305 e. The van der Waals surface area contributed by atoms with Crippen molar-refractivity contribution in [2.75, 3.05) is 6.54 Å². The molecular formula is C14H16F2N2O3. The molecule has 2 atom stereocenters. The van der Waals surface area contributed by atoms with Crippen molar-refractivity contribution in [2.24, 2.45) is 11.8 Å². The Morgan fingerprint density at radius 1 is 1.43 bits per heavy atom. The minimum atomic E-state index is -1.43. The van der Waals surface area contributed by atoms with Crippen LogP contribution in [0.4, 0.5) is 14.5 Å². The molecule has 1 aliphatic rings. The van der Waals surface area contributed by atoms with E-state index in [-0.39, 0.29) is 5.92 Å². The minimum absolute atomic E-state index is 0.277. The van der Waals surface area contributed by atoms with Gasteiger partial charge in [-0.25, -0.2) is 4.39 Å². The van der Waals surface area contributed by atoms with Gasteiger partial charge in [0.05, 0.1) is 4.92 Å². The van der Waals surface area contributed by atoms with Gasteiger partial charge in [-0.3, -0.25) is 14.9 Å². The molecule has 0 saturated heterocycles. The predicted octanol–water partition coefficient (Wildman–Crippen LogP) is 3.04.